The second-order valence-corrected chi connectivity index (χ2v) is 8.48. The quantitative estimate of drug-likeness (QED) is 0.707. The number of halogens is 1. The SMILES string of the molecule is Cc1cncc(CN2C3CCC2CC(NC(=O)c2cc4cc(F)ccc4[nH]2)C3)c1. The number of aromatic nitrogens is 2. The first-order valence-electron chi connectivity index (χ1n) is 10.3. The Morgan fingerprint density at radius 1 is 1.21 bits per heavy atom. The molecule has 6 heteroatoms. The predicted molar refractivity (Wildman–Crippen MR) is 110 cm³/mol. The smallest absolute Gasteiger partial charge is 0.267 e. The fourth-order valence-corrected chi connectivity index (χ4v) is 5.05. The van der Waals surface area contributed by atoms with E-state index in [9.17, 15) is 9.18 Å². The molecule has 3 aromatic rings. The lowest BCUT2D eigenvalue weighted by molar-refractivity contribution is 0.0824. The van der Waals surface area contributed by atoms with E-state index in [1.54, 1.807) is 12.1 Å². The number of amides is 1. The number of piperidine rings is 1. The molecule has 2 atom stereocenters. The summed E-state index contributed by atoms with van der Waals surface area (Å²) < 4.78 is 13.4. The summed E-state index contributed by atoms with van der Waals surface area (Å²) in [4.78, 5) is 22.8. The second-order valence-electron chi connectivity index (χ2n) is 8.48. The fourth-order valence-electron chi connectivity index (χ4n) is 5.05. The third-order valence-electron chi connectivity index (χ3n) is 6.34. The minimum absolute atomic E-state index is 0.109. The van der Waals surface area contributed by atoms with E-state index in [0.717, 1.165) is 30.3 Å². The summed E-state index contributed by atoms with van der Waals surface area (Å²) in [6, 6.07) is 9.61. The monoisotopic (exact) mass is 392 g/mol. The number of pyridine rings is 1. The summed E-state index contributed by atoms with van der Waals surface area (Å²) in [5.41, 5.74) is 3.72. The molecule has 2 bridgehead atoms. The van der Waals surface area contributed by atoms with Crippen molar-refractivity contribution < 1.29 is 9.18 Å². The minimum Gasteiger partial charge on any atom is -0.351 e. The van der Waals surface area contributed by atoms with Gasteiger partial charge >= 0.3 is 0 Å². The molecule has 0 aliphatic carbocycles. The molecule has 150 valence electrons. The summed E-state index contributed by atoms with van der Waals surface area (Å²) in [7, 11) is 0. The van der Waals surface area contributed by atoms with Crippen LogP contribution in [0.3, 0.4) is 0 Å². The minimum atomic E-state index is -0.295. The van der Waals surface area contributed by atoms with Crippen molar-refractivity contribution in [3.05, 3.63) is 65.4 Å². The number of benzene rings is 1. The molecule has 29 heavy (non-hydrogen) atoms. The van der Waals surface area contributed by atoms with Crippen LogP contribution in [0.5, 0.6) is 0 Å². The molecule has 5 rings (SSSR count). The molecule has 5 nitrogen and oxygen atoms in total. The molecule has 1 amide bonds. The highest BCUT2D eigenvalue weighted by Gasteiger charge is 2.41. The first-order valence-corrected chi connectivity index (χ1v) is 10.3. The maximum absolute atomic E-state index is 13.4. The number of aromatic amines is 1. The number of carbonyl (C=O) groups is 1. The number of hydrogen-bond acceptors (Lipinski definition) is 3. The van der Waals surface area contributed by atoms with Crippen molar-refractivity contribution >= 4 is 16.8 Å². The molecule has 2 unspecified atom stereocenters. The molecule has 2 N–H and O–H groups in total. The van der Waals surface area contributed by atoms with Crippen molar-refractivity contribution in [3.8, 4) is 0 Å². The number of nitrogens with one attached hydrogen (secondary N) is 2. The van der Waals surface area contributed by atoms with Gasteiger partial charge in [-0.15, -0.1) is 0 Å². The predicted octanol–water partition coefficient (Wildman–Crippen LogP) is 3.94. The number of H-pyrrole nitrogens is 1. The van der Waals surface area contributed by atoms with E-state index in [2.05, 4.69) is 33.2 Å². The molecule has 0 spiro atoms. The molecule has 2 fully saturated rings. The van der Waals surface area contributed by atoms with Gasteiger partial charge in [-0.3, -0.25) is 14.7 Å². The molecule has 0 radical (unpaired) electrons. The van der Waals surface area contributed by atoms with E-state index in [-0.39, 0.29) is 17.8 Å². The molecule has 2 saturated heterocycles. The van der Waals surface area contributed by atoms with Gasteiger partial charge in [0.25, 0.3) is 5.91 Å². The zero-order valence-electron chi connectivity index (χ0n) is 16.5. The largest absolute Gasteiger partial charge is 0.351 e. The average molecular weight is 392 g/mol. The lowest BCUT2D eigenvalue weighted by Gasteiger charge is -2.39. The molecule has 2 aliphatic heterocycles. The standard InChI is InChI=1S/C23H25FN4O/c1-14-6-15(12-25-11-14)13-28-19-3-4-20(28)10-18(9-19)26-23(29)22-8-16-7-17(24)2-5-21(16)27-22/h2,5-8,11-12,18-20,27H,3-4,9-10,13H2,1H3,(H,26,29). The third-order valence-corrected chi connectivity index (χ3v) is 6.34. The Hall–Kier alpha value is -2.73. The Bertz CT molecular complexity index is 1050. The van der Waals surface area contributed by atoms with Crippen LogP contribution in [0, 0.1) is 12.7 Å². The van der Waals surface area contributed by atoms with Crippen molar-refractivity contribution in [2.45, 2.75) is 57.3 Å². The summed E-state index contributed by atoms with van der Waals surface area (Å²) in [6.45, 7) is 3.00. The van der Waals surface area contributed by atoms with Gasteiger partial charge in [0.1, 0.15) is 11.5 Å². The van der Waals surface area contributed by atoms with Crippen molar-refractivity contribution in [2.24, 2.45) is 0 Å². The Kier molecular flexibility index (Phi) is 4.59. The van der Waals surface area contributed by atoms with Crippen LogP contribution in [-0.2, 0) is 6.54 Å². The maximum atomic E-state index is 13.4. The summed E-state index contributed by atoms with van der Waals surface area (Å²) in [6.07, 6.45) is 8.15. The number of carbonyl (C=O) groups excluding carboxylic acids is 1. The number of hydrogen-bond donors (Lipinski definition) is 2. The van der Waals surface area contributed by atoms with Crippen LogP contribution in [0.15, 0.2) is 42.7 Å². The van der Waals surface area contributed by atoms with E-state index in [1.807, 2.05) is 12.4 Å². The Labute approximate surface area is 169 Å². The maximum Gasteiger partial charge on any atom is 0.267 e. The van der Waals surface area contributed by atoms with Crippen LogP contribution in [0.2, 0.25) is 0 Å². The van der Waals surface area contributed by atoms with Crippen LogP contribution >= 0.6 is 0 Å². The topological polar surface area (TPSA) is 61.0 Å². The Morgan fingerprint density at radius 2 is 2.00 bits per heavy atom. The van der Waals surface area contributed by atoms with Gasteiger partial charge in [0, 0.05) is 48.0 Å². The van der Waals surface area contributed by atoms with Gasteiger partial charge < -0.3 is 10.3 Å². The first kappa shape index (κ1) is 18.3. The summed E-state index contributed by atoms with van der Waals surface area (Å²) >= 11 is 0. The number of nitrogens with zero attached hydrogens (tertiary/aromatic N) is 2. The number of fused-ring (bicyclic) bond motifs is 3. The zero-order chi connectivity index (χ0) is 20.0. The van der Waals surface area contributed by atoms with Gasteiger partial charge in [-0.1, -0.05) is 6.07 Å². The summed E-state index contributed by atoms with van der Waals surface area (Å²) in [5.74, 6) is -0.404. The molecular formula is C23H25FN4O. The lowest BCUT2D eigenvalue weighted by atomic mass is 9.96. The van der Waals surface area contributed by atoms with Crippen molar-refractivity contribution in [3.63, 3.8) is 0 Å². The molecule has 1 aromatic carbocycles. The molecule has 0 saturated carbocycles. The van der Waals surface area contributed by atoms with E-state index in [0.29, 0.717) is 17.8 Å². The third kappa shape index (κ3) is 3.65. The van der Waals surface area contributed by atoms with Crippen LogP contribution in [0.1, 0.15) is 47.3 Å². The number of aryl methyl sites for hydroxylation is 1. The molecule has 2 aliphatic rings. The van der Waals surface area contributed by atoms with Gasteiger partial charge in [-0.25, -0.2) is 4.39 Å². The van der Waals surface area contributed by atoms with Crippen LogP contribution in [-0.4, -0.2) is 38.9 Å². The van der Waals surface area contributed by atoms with Gasteiger partial charge in [0.2, 0.25) is 0 Å². The number of rotatable bonds is 4. The second kappa shape index (κ2) is 7.26. The molecule has 2 aromatic heterocycles. The van der Waals surface area contributed by atoms with Crippen LogP contribution < -0.4 is 5.32 Å². The van der Waals surface area contributed by atoms with E-state index >= 15 is 0 Å². The summed E-state index contributed by atoms with van der Waals surface area (Å²) in [5, 5.41) is 3.92. The highest BCUT2D eigenvalue weighted by atomic mass is 19.1. The van der Waals surface area contributed by atoms with Gasteiger partial charge in [-0.05, 0) is 68.0 Å². The lowest BCUT2D eigenvalue weighted by Crippen LogP contribution is -2.50. The van der Waals surface area contributed by atoms with Gasteiger partial charge in [0.15, 0.2) is 0 Å². The Morgan fingerprint density at radius 3 is 2.76 bits per heavy atom. The van der Waals surface area contributed by atoms with Crippen LogP contribution in [0.25, 0.3) is 10.9 Å². The Balaban J connectivity index is 1.25. The fraction of sp³-hybridized carbons (Fsp3) is 0.391. The molecular weight excluding hydrogens is 367 g/mol. The van der Waals surface area contributed by atoms with E-state index < -0.39 is 0 Å². The van der Waals surface area contributed by atoms with Crippen LogP contribution in [0.4, 0.5) is 4.39 Å². The van der Waals surface area contributed by atoms with Crippen molar-refractivity contribution in [2.75, 3.05) is 0 Å². The van der Waals surface area contributed by atoms with Gasteiger partial charge in [0.05, 0.1) is 0 Å². The van der Waals surface area contributed by atoms with E-state index in [4.69, 9.17) is 0 Å². The highest BCUT2D eigenvalue weighted by molar-refractivity contribution is 5.98. The van der Waals surface area contributed by atoms with Crippen molar-refractivity contribution in [1.82, 2.24) is 20.2 Å². The van der Waals surface area contributed by atoms with E-state index in [1.165, 1.54) is 36.1 Å². The average Bonchev–Trinajstić information content (AvgIpc) is 3.19. The highest BCUT2D eigenvalue weighted by Crippen LogP contribution is 2.37. The van der Waals surface area contributed by atoms with Gasteiger partial charge in [-0.2, -0.15) is 0 Å². The first-order chi connectivity index (χ1) is 14.0. The zero-order valence-corrected chi connectivity index (χ0v) is 16.5. The van der Waals surface area contributed by atoms with Crippen molar-refractivity contribution in [1.29, 1.82) is 0 Å². The normalized spacial score (nSPS) is 24.1. The molecule has 4 heterocycles.